The Morgan fingerprint density at radius 3 is 2.73 bits per heavy atom. The lowest BCUT2D eigenvalue weighted by molar-refractivity contribution is 0.326. The lowest BCUT2D eigenvalue weighted by atomic mass is 10.3. The number of benzene rings is 1. The van der Waals surface area contributed by atoms with Crippen LogP contribution in [0, 0.1) is 6.92 Å². The van der Waals surface area contributed by atoms with Gasteiger partial charge in [0.05, 0.1) is 12.6 Å². The molecule has 2 heteroatoms. The highest BCUT2D eigenvalue weighted by molar-refractivity contribution is 5.51. The Morgan fingerprint density at radius 1 is 1.36 bits per heavy atom. The average molecular weight is 150 g/mol. The summed E-state index contributed by atoms with van der Waals surface area (Å²) in [6.45, 7) is 4.28. The van der Waals surface area contributed by atoms with Crippen LogP contribution in [-0.2, 0) is 0 Å². The number of nitrogen functional groups attached to an aromatic ring is 1. The molecule has 0 saturated carbocycles. The largest absolute Gasteiger partial charge is 0.487 e. The maximum Gasteiger partial charge on any atom is 0.142 e. The summed E-state index contributed by atoms with van der Waals surface area (Å²) in [4.78, 5) is 0. The SMILES string of the molecule is [CH2+]CCOc1ccccc1N. The summed E-state index contributed by atoms with van der Waals surface area (Å²) >= 11 is 0. The fraction of sp³-hybridized carbons (Fsp3) is 0.222. The van der Waals surface area contributed by atoms with Gasteiger partial charge < -0.3 is 10.5 Å². The van der Waals surface area contributed by atoms with Gasteiger partial charge in [-0.2, -0.15) is 0 Å². The number of rotatable bonds is 3. The average Bonchev–Trinajstić information content (AvgIpc) is 2.03. The highest BCUT2D eigenvalue weighted by Gasteiger charge is 1.96. The first-order valence-corrected chi connectivity index (χ1v) is 3.61. The third-order valence-corrected chi connectivity index (χ3v) is 1.32. The molecule has 0 bridgehead atoms. The Labute approximate surface area is 67.0 Å². The second kappa shape index (κ2) is 3.76. The molecule has 0 saturated heterocycles. The Bertz CT molecular complexity index is 223. The van der Waals surface area contributed by atoms with Crippen molar-refractivity contribution in [3.8, 4) is 5.75 Å². The minimum Gasteiger partial charge on any atom is -0.487 e. The zero-order valence-electron chi connectivity index (χ0n) is 6.42. The summed E-state index contributed by atoms with van der Waals surface area (Å²) in [6, 6.07) is 7.45. The molecule has 0 unspecified atom stereocenters. The molecular formula is C9H12NO+. The molecule has 0 radical (unpaired) electrons. The van der Waals surface area contributed by atoms with Gasteiger partial charge in [0.15, 0.2) is 0 Å². The van der Waals surface area contributed by atoms with Crippen LogP contribution in [-0.4, -0.2) is 6.61 Å². The molecule has 0 aliphatic rings. The molecule has 2 nitrogen and oxygen atoms in total. The second-order valence-electron chi connectivity index (χ2n) is 2.24. The molecule has 1 rings (SSSR count). The van der Waals surface area contributed by atoms with Crippen LogP contribution in [0.15, 0.2) is 24.3 Å². The standard InChI is InChI=1S/C9H12NO/c1-2-7-11-9-6-4-3-5-8(9)10/h3-6H,1-2,7,10H2/q+1. The van der Waals surface area contributed by atoms with Crippen molar-refractivity contribution in [1.82, 2.24) is 0 Å². The quantitative estimate of drug-likeness (QED) is 0.527. The van der Waals surface area contributed by atoms with Gasteiger partial charge in [0.25, 0.3) is 0 Å². The van der Waals surface area contributed by atoms with Crippen molar-refractivity contribution in [1.29, 1.82) is 0 Å². The van der Waals surface area contributed by atoms with E-state index in [-0.39, 0.29) is 0 Å². The van der Waals surface area contributed by atoms with Gasteiger partial charge in [-0.25, -0.2) is 0 Å². The third kappa shape index (κ3) is 2.08. The van der Waals surface area contributed by atoms with E-state index < -0.39 is 0 Å². The molecule has 0 aliphatic heterocycles. The molecule has 1 aromatic carbocycles. The van der Waals surface area contributed by atoms with E-state index in [1.54, 1.807) is 0 Å². The van der Waals surface area contributed by atoms with Crippen molar-refractivity contribution in [2.75, 3.05) is 12.3 Å². The summed E-state index contributed by atoms with van der Waals surface area (Å²) in [7, 11) is 0. The monoisotopic (exact) mass is 150 g/mol. The second-order valence-corrected chi connectivity index (χ2v) is 2.24. The maximum absolute atomic E-state index is 5.62. The van der Waals surface area contributed by atoms with E-state index in [0.29, 0.717) is 12.3 Å². The van der Waals surface area contributed by atoms with Crippen LogP contribution < -0.4 is 10.5 Å². The van der Waals surface area contributed by atoms with Crippen LogP contribution in [0.1, 0.15) is 6.42 Å². The van der Waals surface area contributed by atoms with E-state index in [0.717, 1.165) is 12.2 Å². The highest BCUT2D eigenvalue weighted by Crippen LogP contribution is 2.19. The molecule has 0 heterocycles. The van der Waals surface area contributed by atoms with Gasteiger partial charge in [-0.3, -0.25) is 0 Å². The molecule has 58 valence electrons. The number of hydrogen-bond acceptors (Lipinski definition) is 2. The van der Waals surface area contributed by atoms with E-state index >= 15 is 0 Å². The van der Waals surface area contributed by atoms with Gasteiger partial charge in [-0.05, 0) is 12.1 Å². The normalized spacial score (nSPS) is 9.45. The minimum atomic E-state index is 0.619. The van der Waals surface area contributed by atoms with Crippen molar-refractivity contribution in [3.05, 3.63) is 31.2 Å². The molecular weight excluding hydrogens is 138 g/mol. The summed E-state index contributed by atoms with van der Waals surface area (Å²) in [5.41, 5.74) is 6.30. The molecule has 0 aromatic heterocycles. The highest BCUT2D eigenvalue weighted by atomic mass is 16.5. The van der Waals surface area contributed by atoms with Crippen molar-refractivity contribution in [2.45, 2.75) is 6.42 Å². The van der Waals surface area contributed by atoms with E-state index in [2.05, 4.69) is 6.92 Å². The molecule has 0 spiro atoms. The summed E-state index contributed by atoms with van der Waals surface area (Å²) in [6.07, 6.45) is 0.758. The van der Waals surface area contributed by atoms with Crippen LogP contribution >= 0.6 is 0 Å². The first-order chi connectivity index (χ1) is 5.34. The van der Waals surface area contributed by atoms with Crippen molar-refractivity contribution in [3.63, 3.8) is 0 Å². The molecule has 1 aromatic rings. The van der Waals surface area contributed by atoms with Crippen LogP contribution in [0.5, 0.6) is 5.75 Å². The Morgan fingerprint density at radius 2 is 2.09 bits per heavy atom. The Hall–Kier alpha value is -1.31. The number of ether oxygens (including phenoxy) is 1. The van der Waals surface area contributed by atoms with Crippen LogP contribution in [0.25, 0.3) is 0 Å². The molecule has 0 fully saturated rings. The Kier molecular flexibility index (Phi) is 2.66. The van der Waals surface area contributed by atoms with Gasteiger partial charge in [-0.15, -0.1) is 0 Å². The number of nitrogens with two attached hydrogens (primary N) is 1. The number of anilines is 1. The van der Waals surface area contributed by atoms with E-state index in [1.165, 1.54) is 0 Å². The molecule has 11 heavy (non-hydrogen) atoms. The van der Waals surface area contributed by atoms with Crippen LogP contribution in [0.3, 0.4) is 0 Å². The Balaban J connectivity index is 2.62. The van der Waals surface area contributed by atoms with Gasteiger partial charge in [0.1, 0.15) is 18.8 Å². The first-order valence-electron chi connectivity index (χ1n) is 3.61. The number of hydrogen-bond donors (Lipinski definition) is 1. The predicted octanol–water partition coefficient (Wildman–Crippen LogP) is 1.87. The van der Waals surface area contributed by atoms with E-state index in [9.17, 15) is 0 Å². The smallest absolute Gasteiger partial charge is 0.142 e. The van der Waals surface area contributed by atoms with E-state index in [1.807, 2.05) is 24.3 Å². The van der Waals surface area contributed by atoms with Gasteiger partial charge in [-0.1, -0.05) is 12.1 Å². The maximum atomic E-state index is 5.62. The summed E-state index contributed by atoms with van der Waals surface area (Å²) in [5, 5.41) is 0. The zero-order valence-corrected chi connectivity index (χ0v) is 6.42. The summed E-state index contributed by atoms with van der Waals surface area (Å²) in [5.74, 6) is 0.746. The van der Waals surface area contributed by atoms with Crippen molar-refractivity contribution in [2.24, 2.45) is 0 Å². The lowest BCUT2D eigenvalue weighted by Gasteiger charge is -2.04. The molecule has 2 N–H and O–H groups in total. The third-order valence-electron chi connectivity index (χ3n) is 1.32. The van der Waals surface area contributed by atoms with Crippen molar-refractivity contribution < 1.29 is 4.74 Å². The predicted molar refractivity (Wildman–Crippen MR) is 46.3 cm³/mol. The van der Waals surface area contributed by atoms with Gasteiger partial charge >= 0.3 is 0 Å². The van der Waals surface area contributed by atoms with Gasteiger partial charge in [0, 0.05) is 0 Å². The first kappa shape index (κ1) is 7.79. The summed E-state index contributed by atoms with van der Waals surface area (Å²) < 4.78 is 5.30. The molecule has 0 aliphatic carbocycles. The van der Waals surface area contributed by atoms with E-state index in [4.69, 9.17) is 10.5 Å². The number of para-hydroxylation sites is 2. The zero-order chi connectivity index (χ0) is 8.10. The molecule has 0 atom stereocenters. The van der Waals surface area contributed by atoms with Gasteiger partial charge in [0.2, 0.25) is 0 Å². The fourth-order valence-electron chi connectivity index (χ4n) is 0.794. The topological polar surface area (TPSA) is 35.2 Å². The molecule has 0 amide bonds. The van der Waals surface area contributed by atoms with Crippen LogP contribution in [0.4, 0.5) is 5.69 Å². The van der Waals surface area contributed by atoms with Crippen LogP contribution in [0.2, 0.25) is 0 Å². The minimum absolute atomic E-state index is 0.619. The fourth-order valence-corrected chi connectivity index (χ4v) is 0.794. The lowest BCUT2D eigenvalue weighted by Crippen LogP contribution is -1.98. The van der Waals surface area contributed by atoms with Crippen molar-refractivity contribution >= 4 is 5.69 Å².